The van der Waals surface area contributed by atoms with Crippen LogP contribution in [0, 0.1) is 5.92 Å². The van der Waals surface area contributed by atoms with Gasteiger partial charge in [0.15, 0.2) is 0 Å². The maximum absolute atomic E-state index is 13.2. The van der Waals surface area contributed by atoms with Crippen LogP contribution in [0.5, 0.6) is 5.75 Å². The zero-order valence-electron chi connectivity index (χ0n) is 18.4. The summed E-state index contributed by atoms with van der Waals surface area (Å²) < 4.78 is 0. The Morgan fingerprint density at radius 2 is 1.84 bits per heavy atom. The van der Waals surface area contributed by atoms with Crippen molar-refractivity contribution in [1.29, 1.82) is 0 Å². The Hall–Kier alpha value is -3.14. The zero-order chi connectivity index (χ0) is 23.8. The number of nitrogens with zero attached hydrogens (tertiary/aromatic N) is 1. The predicted molar refractivity (Wildman–Crippen MR) is 117 cm³/mol. The van der Waals surface area contributed by atoms with Gasteiger partial charge in [0.2, 0.25) is 17.7 Å². The summed E-state index contributed by atoms with van der Waals surface area (Å²) in [6, 6.07) is 3.37. The standard InChI is InChI=1S/C22H32N4O6/c1-3-13(2)19(21(30)26-10-4-5-17(26)22(31)32)25-20(29)16(24-18(28)12-23)11-14-6-8-15(27)9-7-14/h6-9,13,16-17,19,27H,3-5,10-12,23H2,1-2H3,(H,24,28)(H,25,29)(H,31,32). The van der Waals surface area contributed by atoms with Crippen molar-refractivity contribution in [2.75, 3.05) is 13.1 Å². The lowest BCUT2D eigenvalue weighted by Crippen LogP contribution is -2.58. The Balaban J connectivity index is 2.22. The molecule has 1 aliphatic heterocycles. The average Bonchev–Trinajstić information content (AvgIpc) is 3.27. The molecule has 1 heterocycles. The van der Waals surface area contributed by atoms with E-state index < -0.39 is 41.8 Å². The largest absolute Gasteiger partial charge is 0.508 e. The fourth-order valence-corrected chi connectivity index (χ4v) is 3.73. The molecule has 0 aliphatic carbocycles. The van der Waals surface area contributed by atoms with Crippen LogP contribution in [0.25, 0.3) is 0 Å². The van der Waals surface area contributed by atoms with Crippen LogP contribution in [0.2, 0.25) is 0 Å². The molecule has 10 nitrogen and oxygen atoms in total. The number of amides is 3. The van der Waals surface area contributed by atoms with E-state index in [1.807, 2.05) is 13.8 Å². The van der Waals surface area contributed by atoms with Crippen molar-refractivity contribution in [3.63, 3.8) is 0 Å². The number of rotatable bonds is 10. The van der Waals surface area contributed by atoms with E-state index in [0.717, 1.165) is 0 Å². The highest BCUT2D eigenvalue weighted by molar-refractivity contribution is 5.94. The van der Waals surface area contributed by atoms with E-state index in [0.29, 0.717) is 31.4 Å². The average molecular weight is 449 g/mol. The Labute approximate surface area is 187 Å². The lowest BCUT2D eigenvalue weighted by molar-refractivity contribution is -0.150. The number of phenols is 1. The van der Waals surface area contributed by atoms with Crippen molar-refractivity contribution in [2.24, 2.45) is 11.7 Å². The van der Waals surface area contributed by atoms with Gasteiger partial charge >= 0.3 is 5.97 Å². The number of nitrogens with two attached hydrogens (primary N) is 1. The van der Waals surface area contributed by atoms with E-state index in [9.17, 15) is 29.4 Å². The molecule has 1 aliphatic rings. The summed E-state index contributed by atoms with van der Waals surface area (Å²) in [6.07, 6.45) is 1.67. The third kappa shape index (κ3) is 6.43. The summed E-state index contributed by atoms with van der Waals surface area (Å²) in [4.78, 5) is 51.1. The highest BCUT2D eigenvalue weighted by Crippen LogP contribution is 2.21. The number of aliphatic carboxylic acids is 1. The number of hydrogen-bond acceptors (Lipinski definition) is 6. The van der Waals surface area contributed by atoms with Crippen molar-refractivity contribution in [3.8, 4) is 5.75 Å². The van der Waals surface area contributed by atoms with Crippen LogP contribution < -0.4 is 16.4 Å². The molecule has 0 saturated carbocycles. The number of carboxylic acid groups (broad SMARTS) is 1. The van der Waals surface area contributed by atoms with Gasteiger partial charge < -0.3 is 31.5 Å². The first-order valence-corrected chi connectivity index (χ1v) is 10.8. The number of benzene rings is 1. The van der Waals surface area contributed by atoms with Crippen LogP contribution >= 0.6 is 0 Å². The van der Waals surface area contributed by atoms with Crippen LogP contribution in [0.1, 0.15) is 38.7 Å². The lowest BCUT2D eigenvalue weighted by Gasteiger charge is -2.31. The SMILES string of the molecule is CCC(C)C(NC(=O)C(Cc1ccc(O)cc1)NC(=O)CN)C(=O)N1CCCC1C(=O)O. The molecule has 6 N–H and O–H groups in total. The summed E-state index contributed by atoms with van der Waals surface area (Å²) in [7, 11) is 0. The van der Waals surface area contributed by atoms with Gasteiger partial charge in [0.1, 0.15) is 23.9 Å². The van der Waals surface area contributed by atoms with Crippen LogP contribution in [-0.2, 0) is 25.6 Å². The quantitative estimate of drug-likeness (QED) is 0.336. The molecule has 3 amide bonds. The van der Waals surface area contributed by atoms with Crippen molar-refractivity contribution < 1.29 is 29.4 Å². The van der Waals surface area contributed by atoms with Crippen LogP contribution in [0.4, 0.5) is 0 Å². The molecule has 10 heteroatoms. The molecular weight excluding hydrogens is 416 g/mol. The molecular formula is C22H32N4O6. The number of carboxylic acids is 1. The summed E-state index contributed by atoms with van der Waals surface area (Å²) in [5, 5.41) is 24.2. The molecule has 0 aromatic heterocycles. The topological polar surface area (TPSA) is 162 Å². The number of likely N-dealkylation sites (tertiary alicyclic amines) is 1. The van der Waals surface area contributed by atoms with E-state index in [4.69, 9.17) is 5.73 Å². The zero-order valence-corrected chi connectivity index (χ0v) is 18.4. The van der Waals surface area contributed by atoms with E-state index in [-0.39, 0.29) is 24.6 Å². The molecule has 0 spiro atoms. The van der Waals surface area contributed by atoms with Gasteiger partial charge in [-0.25, -0.2) is 4.79 Å². The molecule has 1 aromatic rings. The maximum Gasteiger partial charge on any atom is 0.326 e. The summed E-state index contributed by atoms with van der Waals surface area (Å²) in [5.74, 6) is -2.77. The first kappa shape index (κ1) is 25.1. The smallest absolute Gasteiger partial charge is 0.326 e. The van der Waals surface area contributed by atoms with Crippen molar-refractivity contribution in [1.82, 2.24) is 15.5 Å². The third-order valence-corrected chi connectivity index (χ3v) is 5.81. The van der Waals surface area contributed by atoms with E-state index in [1.54, 1.807) is 12.1 Å². The molecule has 4 unspecified atom stereocenters. The first-order chi connectivity index (χ1) is 15.2. The van der Waals surface area contributed by atoms with Crippen molar-refractivity contribution in [2.45, 2.75) is 57.7 Å². The normalized spacial score (nSPS) is 18.5. The number of phenolic OH excluding ortho intramolecular Hbond substituents is 1. The van der Waals surface area contributed by atoms with Gasteiger partial charge in [-0.2, -0.15) is 0 Å². The molecule has 0 bridgehead atoms. The van der Waals surface area contributed by atoms with E-state index in [1.165, 1.54) is 17.0 Å². The first-order valence-electron chi connectivity index (χ1n) is 10.8. The summed E-state index contributed by atoms with van der Waals surface area (Å²) >= 11 is 0. The molecule has 4 atom stereocenters. The minimum atomic E-state index is -1.06. The number of hydrogen-bond donors (Lipinski definition) is 5. The van der Waals surface area contributed by atoms with E-state index in [2.05, 4.69) is 10.6 Å². The molecule has 0 radical (unpaired) electrons. The second kappa shape index (κ2) is 11.5. The molecule has 32 heavy (non-hydrogen) atoms. The van der Waals surface area contributed by atoms with Crippen LogP contribution in [0.3, 0.4) is 0 Å². The maximum atomic E-state index is 13.2. The van der Waals surface area contributed by atoms with Crippen molar-refractivity contribution in [3.05, 3.63) is 29.8 Å². The monoisotopic (exact) mass is 448 g/mol. The number of nitrogens with one attached hydrogen (secondary N) is 2. The fraction of sp³-hybridized carbons (Fsp3) is 0.545. The predicted octanol–water partition coefficient (Wildman–Crippen LogP) is -0.0153. The molecule has 1 aromatic carbocycles. The van der Waals surface area contributed by atoms with Gasteiger partial charge in [0.05, 0.1) is 6.54 Å². The minimum Gasteiger partial charge on any atom is -0.508 e. The number of carbonyl (C=O) groups is 4. The van der Waals surface area contributed by atoms with Crippen LogP contribution in [-0.4, -0.2) is 70.0 Å². The van der Waals surface area contributed by atoms with Gasteiger partial charge in [-0.15, -0.1) is 0 Å². The second-order valence-corrected chi connectivity index (χ2v) is 8.09. The van der Waals surface area contributed by atoms with Gasteiger partial charge in [-0.05, 0) is 36.5 Å². The number of aromatic hydroxyl groups is 1. The third-order valence-electron chi connectivity index (χ3n) is 5.81. The summed E-state index contributed by atoms with van der Waals surface area (Å²) in [6.45, 7) is 3.70. The van der Waals surface area contributed by atoms with Crippen LogP contribution in [0.15, 0.2) is 24.3 Å². The van der Waals surface area contributed by atoms with Gasteiger partial charge in [0.25, 0.3) is 0 Å². The Bertz CT molecular complexity index is 828. The molecule has 1 saturated heterocycles. The Morgan fingerprint density at radius 3 is 2.41 bits per heavy atom. The Kier molecular flexibility index (Phi) is 9.01. The molecule has 2 rings (SSSR count). The minimum absolute atomic E-state index is 0.0711. The second-order valence-electron chi connectivity index (χ2n) is 8.09. The van der Waals surface area contributed by atoms with Gasteiger partial charge in [-0.3, -0.25) is 14.4 Å². The lowest BCUT2D eigenvalue weighted by atomic mass is 9.96. The highest BCUT2D eigenvalue weighted by Gasteiger charge is 2.39. The fourth-order valence-electron chi connectivity index (χ4n) is 3.73. The molecule has 1 fully saturated rings. The number of carbonyl (C=O) groups excluding carboxylic acids is 3. The summed E-state index contributed by atoms with van der Waals surface area (Å²) in [5.41, 5.74) is 6.08. The highest BCUT2D eigenvalue weighted by atomic mass is 16.4. The molecule has 176 valence electrons. The van der Waals surface area contributed by atoms with Crippen molar-refractivity contribution >= 4 is 23.7 Å². The van der Waals surface area contributed by atoms with Gasteiger partial charge in [-0.1, -0.05) is 32.4 Å². The van der Waals surface area contributed by atoms with E-state index >= 15 is 0 Å². The Morgan fingerprint density at radius 1 is 1.19 bits per heavy atom. The van der Waals surface area contributed by atoms with Gasteiger partial charge in [0, 0.05) is 13.0 Å².